The Balaban J connectivity index is 2.00. The highest BCUT2D eigenvalue weighted by Gasteiger charge is 2.41. The molecule has 0 radical (unpaired) electrons. The third kappa shape index (κ3) is 8.25. The quantitative estimate of drug-likeness (QED) is 0.216. The van der Waals surface area contributed by atoms with E-state index in [1.807, 2.05) is 0 Å². The van der Waals surface area contributed by atoms with Crippen molar-refractivity contribution in [1.29, 1.82) is 0 Å². The highest BCUT2D eigenvalue weighted by atomic mass is 35.5. The lowest BCUT2D eigenvalue weighted by atomic mass is 9.95. The summed E-state index contributed by atoms with van der Waals surface area (Å²) in [4.78, 5) is 16.5. The second kappa shape index (κ2) is 11.8. The number of alkyl halides is 9. The maximum Gasteiger partial charge on any atom is 0.573 e. The zero-order valence-electron chi connectivity index (χ0n) is 20.3. The number of ether oxygens (including phenoxy) is 1. The van der Waals surface area contributed by atoms with Crippen LogP contribution in [0.1, 0.15) is 33.0 Å². The van der Waals surface area contributed by atoms with Gasteiger partial charge in [0, 0.05) is 18.8 Å². The third-order valence-corrected chi connectivity index (χ3v) is 5.63. The van der Waals surface area contributed by atoms with Crippen LogP contribution in [0.5, 0.6) is 5.75 Å². The van der Waals surface area contributed by atoms with Gasteiger partial charge in [-0.25, -0.2) is 9.37 Å². The van der Waals surface area contributed by atoms with Gasteiger partial charge in [-0.05, 0) is 48.0 Å². The molecule has 1 atom stereocenters. The summed E-state index contributed by atoms with van der Waals surface area (Å²) in [5.41, 5.74) is -2.42. The largest absolute Gasteiger partial charge is 0.573 e. The molecule has 41 heavy (non-hydrogen) atoms. The summed E-state index contributed by atoms with van der Waals surface area (Å²) < 4.78 is 139. The predicted molar refractivity (Wildman–Crippen MR) is 128 cm³/mol. The van der Waals surface area contributed by atoms with Crippen LogP contribution in [-0.4, -0.2) is 30.5 Å². The van der Waals surface area contributed by atoms with Crippen molar-refractivity contribution < 1.29 is 53.4 Å². The molecule has 0 fully saturated rings. The maximum atomic E-state index is 15.0. The van der Waals surface area contributed by atoms with Gasteiger partial charge in [-0.15, -0.1) is 13.2 Å². The van der Waals surface area contributed by atoms with E-state index in [4.69, 9.17) is 11.6 Å². The molecule has 1 heterocycles. The molecule has 1 amide bonds. The summed E-state index contributed by atoms with van der Waals surface area (Å²) in [6.45, 7) is 0. The predicted octanol–water partition coefficient (Wildman–Crippen LogP) is 8.09. The van der Waals surface area contributed by atoms with Gasteiger partial charge in [-0.3, -0.25) is 15.2 Å². The highest BCUT2D eigenvalue weighted by Crippen LogP contribution is 2.42. The van der Waals surface area contributed by atoms with Crippen molar-refractivity contribution in [2.24, 2.45) is 0 Å². The van der Waals surface area contributed by atoms with Crippen molar-refractivity contribution >= 4 is 29.2 Å². The summed E-state index contributed by atoms with van der Waals surface area (Å²) in [6.07, 6.45) is -14.6. The van der Waals surface area contributed by atoms with Gasteiger partial charge in [0.1, 0.15) is 23.3 Å². The number of halogens is 11. The molecule has 0 aliphatic heterocycles. The SMILES string of the molecule is CN(NC(=O)c1ccc(/C(F)=C/C(c2ccc(Cl)c(OC(F)(F)F)c2)C(F)(F)F)cc1C(F)(F)F)c1ccccn1. The van der Waals surface area contributed by atoms with E-state index < -0.39 is 69.4 Å². The van der Waals surface area contributed by atoms with E-state index in [1.54, 1.807) is 12.1 Å². The number of anilines is 1. The second-order valence-electron chi connectivity index (χ2n) is 8.22. The van der Waals surface area contributed by atoms with Gasteiger partial charge < -0.3 is 4.74 Å². The molecule has 1 aromatic heterocycles. The minimum atomic E-state index is -5.31. The molecule has 0 saturated carbocycles. The highest BCUT2D eigenvalue weighted by molar-refractivity contribution is 6.32. The standard InChI is InChI=1S/C25H16ClF10N3O2/c1-39(21-4-2-3-9-37-21)38-22(40)15-7-5-14(10-17(15)24(31,32)33)19(27)12-16(23(28,29)30)13-6-8-18(26)20(11-13)41-25(34,35)36/h2-12,16H,1H3,(H,38,40)/b19-12-. The molecule has 1 unspecified atom stereocenters. The van der Waals surface area contributed by atoms with Crippen LogP contribution in [0, 0.1) is 0 Å². The monoisotopic (exact) mass is 615 g/mol. The van der Waals surface area contributed by atoms with Gasteiger partial charge in [0.2, 0.25) is 0 Å². The number of hydrazine groups is 1. The molecule has 1 N–H and O–H groups in total. The average Bonchev–Trinajstić information content (AvgIpc) is 2.86. The lowest BCUT2D eigenvalue weighted by Gasteiger charge is -2.21. The second-order valence-corrected chi connectivity index (χ2v) is 8.62. The smallest absolute Gasteiger partial charge is 0.404 e. The fourth-order valence-corrected chi connectivity index (χ4v) is 3.64. The Kier molecular flexibility index (Phi) is 9.11. The molecule has 16 heteroatoms. The van der Waals surface area contributed by atoms with Crippen molar-refractivity contribution in [3.8, 4) is 5.75 Å². The number of benzene rings is 2. The van der Waals surface area contributed by atoms with E-state index in [1.165, 1.54) is 19.3 Å². The van der Waals surface area contributed by atoms with Crippen LogP contribution in [0.25, 0.3) is 5.83 Å². The van der Waals surface area contributed by atoms with Crippen LogP contribution in [0.3, 0.4) is 0 Å². The van der Waals surface area contributed by atoms with E-state index in [0.29, 0.717) is 24.3 Å². The van der Waals surface area contributed by atoms with E-state index in [0.717, 1.165) is 5.01 Å². The summed E-state index contributed by atoms with van der Waals surface area (Å²) >= 11 is 5.55. The summed E-state index contributed by atoms with van der Waals surface area (Å²) in [5, 5.41) is 0.307. The van der Waals surface area contributed by atoms with Crippen LogP contribution in [-0.2, 0) is 6.18 Å². The lowest BCUT2D eigenvalue weighted by molar-refractivity contribution is -0.274. The minimum absolute atomic E-state index is 0.120. The molecular formula is C25H16ClF10N3O2. The number of nitrogens with zero attached hydrogens (tertiary/aromatic N) is 2. The van der Waals surface area contributed by atoms with Gasteiger partial charge in [0.25, 0.3) is 5.91 Å². The number of allylic oxidation sites excluding steroid dienone is 1. The van der Waals surface area contributed by atoms with Gasteiger partial charge in [-0.2, -0.15) is 26.3 Å². The number of carbonyl (C=O) groups is 1. The number of nitrogens with one attached hydrogen (secondary N) is 1. The molecule has 0 spiro atoms. The van der Waals surface area contributed by atoms with Gasteiger partial charge in [0.05, 0.1) is 16.1 Å². The number of pyridine rings is 1. The molecule has 0 saturated heterocycles. The molecule has 0 bridgehead atoms. The van der Waals surface area contributed by atoms with Crippen molar-refractivity contribution in [3.05, 3.63) is 94.1 Å². The third-order valence-electron chi connectivity index (χ3n) is 5.31. The minimum Gasteiger partial charge on any atom is -0.404 e. The first-order chi connectivity index (χ1) is 18.9. The molecule has 0 aliphatic carbocycles. The Morgan fingerprint density at radius 2 is 1.68 bits per heavy atom. The number of amides is 1. The normalized spacial score (nSPS) is 13.5. The van der Waals surface area contributed by atoms with Crippen LogP contribution < -0.4 is 15.2 Å². The summed E-state index contributed by atoms with van der Waals surface area (Å²) in [7, 11) is 1.28. The fourth-order valence-electron chi connectivity index (χ4n) is 3.49. The Labute approximate surface area is 230 Å². The number of carbonyl (C=O) groups excluding carboxylic acids is 1. The lowest BCUT2D eigenvalue weighted by Crippen LogP contribution is -2.40. The average molecular weight is 616 g/mol. The Morgan fingerprint density at radius 1 is 1.00 bits per heavy atom. The molecule has 220 valence electrons. The first-order valence-electron chi connectivity index (χ1n) is 11.0. The zero-order chi connectivity index (χ0) is 30.8. The van der Waals surface area contributed by atoms with Gasteiger partial charge in [0.15, 0.2) is 0 Å². The van der Waals surface area contributed by atoms with Crippen molar-refractivity contribution in [3.63, 3.8) is 0 Å². The Morgan fingerprint density at radius 3 is 2.24 bits per heavy atom. The summed E-state index contributed by atoms with van der Waals surface area (Å²) in [6, 6.07) is 7.45. The van der Waals surface area contributed by atoms with Gasteiger partial charge >= 0.3 is 18.7 Å². The molecular weight excluding hydrogens is 600 g/mol. The molecule has 5 nitrogen and oxygen atoms in total. The Bertz CT molecular complexity index is 1420. The first kappa shape index (κ1) is 31.5. The fraction of sp³-hybridized carbons (Fsp3) is 0.200. The van der Waals surface area contributed by atoms with Crippen LogP contribution in [0.2, 0.25) is 5.02 Å². The van der Waals surface area contributed by atoms with Crippen LogP contribution >= 0.6 is 11.6 Å². The Hall–Kier alpha value is -4.01. The van der Waals surface area contributed by atoms with Crippen molar-refractivity contribution in [1.82, 2.24) is 10.4 Å². The first-order valence-corrected chi connectivity index (χ1v) is 11.4. The number of hydrogen-bond acceptors (Lipinski definition) is 4. The van der Waals surface area contributed by atoms with E-state index in [-0.39, 0.29) is 24.0 Å². The van der Waals surface area contributed by atoms with Crippen molar-refractivity contribution in [2.75, 3.05) is 12.1 Å². The van der Waals surface area contributed by atoms with E-state index in [2.05, 4.69) is 15.1 Å². The zero-order valence-corrected chi connectivity index (χ0v) is 21.1. The van der Waals surface area contributed by atoms with Crippen molar-refractivity contribution in [2.45, 2.75) is 24.6 Å². The van der Waals surface area contributed by atoms with E-state index >= 15 is 4.39 Å². The molecule has 0 aliphatic rings. The van der Waals surface area contributed by atoms with Crippen LogP contribution in [0.4, 0.5) is 49.7 Å². The summed E-state index contributed by atoms with van der Waals surface area (Å²) in [5.74, 6) is -7.05. The molecule has 3 rings (SSSR count). The maximum absolute atomic E-state index is 15.0. The molecule has 3 aromatic rings. The number of rotatable bonds is 7. The number of hydrogen-bond donors (Lipinski definition) is 1. The van der Waals surface area contributed by atoms with Crippen LogP contribution in [0.15, 0.2) is 66.9 Å². The molecule has 2 aromatic carbocycles. The number of aromatic nitrogens is 1. The van der Waals surface area contributed by atoms with E-state index in [9.17, 15) is 44.3 Å². The van der Waals surface area contributed by atoms with Gasteiger partial charge in [-0.1, -0.05) is 29.8 Å². The topological polar surface area (TPSA) is 54.5 Å².